The van der Waals surface area contributed by atoms with Crippen LogP contribution in [-0.2, 0) is 12.0 Å². The van der Waals surface area contributed by atoms with E-state index in [0.717, 1.165) is 11.6 Å². The van der Waals surface area contributed by atoms with Gasteiger partial charge in [0, 0.05) is 19.5 Å². The molecule has 0 aliphatic heterocycles. The molecule has 27 heavy (non-hydrogen) atoms. The van der Waals surface area contributed by atoms with Crippen molar-refractivity contribution in [3.63, 3.8) is 0 Å². The third-order valence-corrected chi connectivity index (χ3v) is 4.00. The summed E-state index contributed by atoms with van der Waals surface area (Å²) in [5.41, 5.74) is -2.39. The van der Waals surface area contributed by atoms with Crippen LogP contribution in [0.3, 0.4) is 0 Å². The van der Waals surface area contributed by atoms with Gasteiger partial charge in [-0.2, -0.15) is 13.2 Å². The van der Waals surface area contributed by atoms with E-state index in [4.69, 9.17) is 4.42 Å². The van der Waals surface area contributed by atoms with Crippen molar-refractivity contribution in [2.45, 2.75) is 31.5 Å². The summed E-state index contributed by atoms with van der Waals surface area (Å²) in [4.78, 5) is 11.7. The Hall–Kier alpha value is -2.55. The van der Waals surface area contributed by atoms with Gasteiger partial charge in [0.05, 0.1) is 0 Å². The van der Waals surface area contributed by atoms with Crippen LogP contribution >= 0.6 is 0 Å². The fourth-order valence-electron chi connectivity index (χ4n) is 2.45. The number of amides is 2. The van der Waals surface area contributed by atoms with Crippen LogP contribution in [0.5, 0.6) is 0 Å². The van der Waals surface area contributed by atoms with Gasteiger partial charge in [0.2, 0.25) is 5.60 Å². The van der Waals surface area contributed by atoms with Crippen LogP contribution in [-0.4, -0.2) is 30.4 Å². The van der Waals surface area contributed by atoms with Gasteiger partial charge in [-0.1, -0.05) is 12.1 Å². The van der Waals surface area contributed by atoms with Gasteiger partial charge in [-0.15, -0.1) is 0 Å². The molecule has 1 atom stereocenters. The van der Waals surface area contributed by atoms with E-state index < -0.39 is 36.5 Å². The number of halogens is 4. The third kappa shape index (κ3) is 5.46. The minimum Gasteiger partial charge on any atom is -0.463 e. The second-order valence-corrected chi connectivity index (χ2v) is 6.08. The Kier molecular flexibility index (Phi) is 6.48. The van der Waals surface area contributed by atoms with E-state index in [-0.39, 0.29) is 18.1 Å². The van der Waals surface area contributed by atoms with E-state index in [2.05, 4.69) is 10.6 Å². The Morgan fingerprint density at radius 2 is 1.70 bits per heavy atom. The Labute approximate surface area is 153 Å². The summed E-state index contributed by atoms with van der Waals surface area (Å²) in [6.07, 6.45) is -5.32. The van der Waals surface area contributed by atoms with Gasteiger partial charge < -0.3 is 20.2 Å². The molecule has 1 aromatic heterocycles. The van der Waals surface area contributed by atoms with Crippen molar-refractivity contribution in [2.75, 3.05) is 13.1 Å². The van der Waals surface area contributed by atoms with Gasteiger partial charge in [-0.05, 0) is 43.2 Å². The van der Waals surface area contributed by atoms with E-state index in [0.29, 0.717) is 6.42 Å². The summed E-state index contributed by atoms with van der Waals surface area (Å²) in [5.74, 6) is -0.751. The number of aliphatic hydroxyl groups is 1. The van der Waals surface area contributed by atoms with Gasteiger partial charge >= 0.3 is 12.2 Å². The van der Waals surface area contributed by atoms with Crippen molar-refractivity contribution in [2.24, 2.45) is 0 Å². The molecule has 0 saturated heterocycles. The summed E-state index contributed by atoms with van der Waals surface area (Å²) in [7, 11) is 0. The van der Waals surface area contributed by atoms with E-state index in [9.17, 15) is 27.5 Å². The van der Waals surface area contributed by atoms with Crippen molar-refractivity contribution in [3.8, 4) is 0 Å². The molecule has 0 saturated carbocycles. The van der Waals surface area contributed by atoms with Gasteiger partial charge in [0.15, 0.2) is 0 Å². The zero-order valence-corrected chi connectivity index (χ0v) is 14.6. The molecule has 148 valence electrons. The maximum atomic E-state index is 13.3. The molecule has 5 nitrogen and oxygen atoms in total. The van der Waals surface area contributed by atoms with E-state index in [1.807, 2.05) is 0 Å². The number of carbonyl (C=O) groups is 1. The number of hydrogen-bond acceptors (Lipinski definition) is 3. The summed E-state index contributed by atoms with van der Waals surface area (Å²) < 4.78 is 57.6. The molecule has 0 bridgehead atoms. The lowest BCUT2D eigenvalue weighted by atomic mass is 9.96. The first-order valence-electron chi connectivity index (χ1n) is 8.24. The molecule has 1 aromatic carbocycles. The highest BCUT2D eigenvalue weighted by atomic mass is 19.4. The normalized spacial score (nSPS) is 13.9. The van der Waals surface area contributed by atoms with E-state index >= 15 is 0 Å². The van der Waals surface area contributed by atoms with Crippen molar-refractivity contribution >= 4 is 6.03 Å². The summed E-state index contributed by atoms with van der Waals surface area (Å²) in [5, 5.41) is 14.8. The van der Waals surface area contributed by atoms with Gasteiger partial charge in [-0.3, -0.25) is 0 Å². The minimum absolute atomic E-state index is 0.221. The topological polar surface area (TPSA) is 74.5 Å². The Morgan fingerprint density at radius 1 is 1.07 bits per heavy atom. The number of urea groups is 1. The second kappa shape index (κ2) is 8.43. The van der Waals surface area contributed by atoms with Crippen molar-refractivity contribution in [1.29, 1.82) is 0 Å². The number of alkyl halides is 3. The number of hydrogen-bond donors (Lipinski definition) is 3. The number of nitrogens with one attached hydrogen (secondary N) is 2. The zero-order chi connectivity index (χ0) is 20.1. The molecule has 0 aliphatic rings. The quantitative estimate of drug-likeness (QED) is 0.637. The Balaban J connectivity index is 1.82. The van der Waals surface area contributed by atoms with Gasteiger partial charge in [-0.25, -0.2) is 9.18 Å². The molecule has 2 rings (SSSR count). The molecular formula is C18H20F4N2O3. The lowest BCUT2D eigenvalue weighted by Crippen LogP contribution is -2.46. The summed E-state index contributed by atoms with van der Waals surface area (Å²) >= 11 is 0. The molecule has 3 N–H and O–H groups in total. The van der Waals surface area contributed by atoms with Crippen LogP contribution in [0.4, 0.5) is 22.4 Å². The standard InChI is InChI=1S/C18H20F4N2O3/c1-12-2-7-15(27-12)17(26,18(20,21)22)9-11-24-16(25)23-10-8-13-3-5-14(19)6-4-13/h2-7,26H,8-11H2,1H3,(H2,23,24,25)/t17-/m1/s1. The molecule has 0 radical (unpaired) electrons. The highest BCUT2D eigenvalue weighted by Gasteiger charge is 2.56. The summed E-state index contributed by atoms with van der Waals surface area (Å²) in [6, 6.07) is 7.45. The number of aryl methyl sites for hydroxylation is 1. The van der Waals surface area contributed by atoms with Gasteiger partial charge in [0.1, 0.15) is 17.3 Å². The monoisotopic (exact) mass is 388 g/mol. The smallest absolute Gasteiger partial charge is 0.424 e. The average molecular weight is 388 g/mol. The van der Waals surface area contributed by atoms with Crippen molar-refractivity contribution in [1.82, 2.24) is 10.6 Å². The van der Waals surface area contributed by atoms with Crippen LogP contribution in [0, 0.1) is 12.7 Å². The molecule has 0 aliphatic carbocycles. The first kappa shape index (κ1) is 20.8. The second-order valence-electron chi connectivity index (χ2n) is 6.08. The Morgan fingerprint density at radius 3 is 2.26 bits per heavy atom. The number of carbonyl (C=O) groups excluding carboxylic acids is 1. The highest BCUT2D eigenvalue weighted by molar-refractivity contribution is 5.73. The minimum atomic E-state index is -4.96. The zero-order valence-electron chi connectivity index (χ0n) is 14.6. The molecule has 2 amide bonds. The van der Waals surface area contributed by atoms with E-state index in [1.54, 1.807) is 12.1 Å². The number of rotatable bonds is 7. The fourth-order valence-corrected chi connectivity index (χ4v) is 2.45. The maximum Gasteiger partial charge on any atom is 0.424 e. The number of benzene rings is 1. The molecule has 0 unspecified atom stereocenters. The molecule has 1 heterocycles. The molecule has 0 spiro atoms. The van der Waals surface area contributed by atoms with E-state index in [1.165, 1.54) is 25.1 Å². The predicted molar refractivity (Wildman–Crippen MR) is 89.5 cm³/mol. The highest BCUT2D eigenvalue weighted by Crippen LogP contribution is 2.41. The van der Waals surface area contributed by atoms with Crippen LogP contribution in [0.2, 0.25) is 0 Å². The molecule has 9 heteroatoms. The SMILES string of the molecule is Cc1ccc([C@](O)(CCNC(=O)NCCc2ccc(F)cc2)C(F)(F)F)o1. The number of furan rings is 1. The molecule has 0 fully saturated rings. The lowest BCUT2D eigenvalue weighted by molar-refractivity contribution is -0.274. The fraction of sp³-hybridized carbons (Fsp3) is 0.389. The van der Waals surface area contributed by atoms with Crippen LogP contribution in [0.25, 0.3) is 0 Å². The first-order valence-corrected chi connectivity index (χ1v) is 8.24. The average Bonchev–Trinajstić information content (AvgIpc) is 3.02. The van der Waals surface area contributed by atoms with Crippen LogP contribution < -0.4 is 10.6 Å². The maximum absolute atomic E-state index is 13.3. The Bertz CT molecular complexity index is 759. The predicted octanol–water partition coefficient (Wildman–Crippen LogP) is 3.41. The largest absolute Gasteiger partial charge is 0.463 e. The molecule has 2 aromatic rings. The molecular weight excluding hydrogens is 368 g/mol. The van der Waals surface area contributed by atoms with Crippen LogP contribution in [0.1, 0.15) is 23.5 Å². The van der Waals surface area contributed by atoms with Crippen molar-refractivity contribution < 1.29 is 31.9 Å². The van der Waals surface area contributed by atoms with Crippen molar-refractivity contribution in [3.05, 3.63) is 59.3 Å². The third-order valence-electron chi connectivity index (χ3n) is 4.00. The first-order chi connectivity index (χ1) is 12.6. The van der Waals surface area contributed by atoms with Crippen LogP contribution in [0.15, 0.2) is 40.8 Å². The van der Waals surface area contributed by atoms with Gasteiger partial charge in [0.25, 0.3) is 0 Å². The lowest BCUT2D eigenvalue weighted by Gasteiger charge is -2.28. The summed E-state index contributed by atoms with van der Waals surface area (Å²) in [6.45, 7) is 1.27.